The van der Waals surface area contributed by atoms with E-state index in [1.807, 2.05) is 0 Å². The smallest absolute Gasteiger partial charge is 0.310 e. The van der Waals surface area contributed by atoms with Gasteiger partial charge >= 0.3 is 5.97 Å². The molecule has 2 rings (SSSR count). The van der Waals surface area contributed by atoms with E-state index in [0.717, 1.165) is 38.1 Å². The molecule has 0 aromatic rings. The van der Waals surface area contributed by atoms with Crippen LogP contribution in [-0.4, -0.2) is 74.1 Å². The molecule has 0 radical (unpaired) electrons. The zero-order valence-electron chi connectivity index (χ0n) is 17.2. The standard InChI is InChI=1S/C20H38N4O2/c1-5-21-20(24-14-16(2)18(15-24)19(25)26-4)22-11-7-9-13-23-12-8-6-10-17(23)3/h16-18H,5-15H2,1-4H3,(H,21,22). The second kappa shape index (κ2) is 10.8. The third kappa shape index (κ3) is 5.86. The van der Waals surface area contributed by atoms with E-state index in [1.165, 1.54) is 45.9 Å². The normalized spacial score (nSPS) is 27.6. The molecule has 3 atom stereocenters. The lowest BCUT2D eigenvalue weighted by molar-refractivity contribution is -0.145. The molecule has 0 saturated carbocycles. The van der Waals surface area contributed by atoms with E-state index in [4.69, 9.17) is 9.73 Å². The van der Waals surface area contributed by atoms with Gasteiger partial charge < -0.3 is 19.9 Å². The second-order valence-corrected chi connectivity index (χ2v) is 7.84. The molecule has 2 heterocycles. The van der Waals surface area contributed by atoms with Gasteiger partial charge in [0.2, 0.25) is 0 Å². The van der Waals surface area contributed by atoms with Crippen LogP contribution in [0, 0.1) is 11.8 Å². The fourth-order valence-electron chi connectivity index (χ4n) is 4.13. The molecule has 2 fully saturated rings. The number of piperidine rings is 1. The first-order chi connectivity index (χ1) is 12.6. The van der Waals surface area contributed by atoms with Crippen molar-refractivity contribution in [2.24, 2.45) is 16.8 Å². The Balaban J connectivity index is 1.78. The van der Waals surface area contributed by atoms with E-state index in [1.54, 1.807) is 0 Å². The lowest BCUT2D eigenvalue weighted by Gasteiger charge is -2.33. The maximum absolute atomic E-state index is 11.9. The molecule has 3 unspecified atom stereocenters. The molecule has 0 spiro atoms. The quantitative estimate of drug-likeness (QED) is 0.324. The number of carbonyl (C=O) groups excluding carboxylic acids is 1. The minimum absolute atomic E-state index is 0.0514. The Morgan fingerprint density at radius 2 is 2.04 bits per heavy atom. The first kappa shape index (κ1) is 21.0. The number of hydrogen-bond donors (Lipinski definition) is 1. The summed E-state index contributed by atoms with van der Waals surface area (Å²) in [5, 5.41) is 3.38. The van der Waals surface area contributed by atoms with Crippen LogP contribution in [0.1, 0.15) is 52.9 Å². The van der Waals surface area contributed by atoms with Gasteiger partial charge in [-0.25, -0.2) is 0 Å². The number of carbonyl (C=O) groups is 1. The van der Waals surface area contributed by atoms with Crippen molar-refractivity contribution in [1.29, 1.82) is 0 Å². The summed E-state index contributed by atoms with van der Waals surface area (Å²) in [4.78, 5) is 21.6. The van der Waals surface area contributed by atoms with Crippen LogP contribution in [0.4, 0.5) is 0 Å². The van der Waals surface area contributed by atoms with E-state index >= 15 is 0 Å². The number of likely N-dealkylation sites (tertiary alicyclic amines) is 2. The van der Waals surface area contributed by atoms with Crippen molar-refractivity contribution in [3.63, 3.8) is 0 Å². The van der Waals surface area contributed by atoms with Crippen LogP contribution in [0.25, 0.3) is 0 Å². The zero-order chi connectivity index (χ0) is 18.9. The summed E-state index contributed by atoms with van der Waals surface area (Å²) in [7, 11) is 1.47. The maximum atomic E-state index is 11.9. The number of nitrogens with zero attached hydrogens (tertiary/aromatic N) is 3. The molecule has 6 nitrogen and oxygen atoms in total. The lowest BCUT2D eigenvalue weighted by atomic mass is 9.99. The molecule has 2 aliphatic rings. The summed E-state index contributed by atoms with van der Waals surface area (Å²) >= 11 is 0. The Kier molecular flexibility index (Phi) is 8.69. The molecule has 2 saturated heterocycles. The summed E-state index contributed by atoms with van der Waals surface area (Å²) in [6.45, 7) is 12.3. The van der Waals surface area contributed by atoms with Gasteiger partial charge in [-0.15, -0.1) is 0 Å². The van der Waals surface area contributed by atoms with Crippen molar-refractivity contribution in [2.75, 3.05) is 46.4 Å². The number of aliphatic imine (C=N–C) groups is 1. The summed E-state index contributed by atoms with van der Waals surface area (Å²) in [6, 6.07) is 0.742. The van der Waals surface area contributed by atoms with Crippen molar-refractivity contribution in [2.45, 2.75) is 58.9 Å². The van der Waals surface area contributed by atoms with Crippen molar-refractivity contribution < 1.29 is 9.53 Å². The van der Waals surface area contributed by atoms with E-state index in [9.17, 15) is 4.79 Å². The van der Waals surface area contributed by atoms with Gasteiger partial charge in [-0.1, -0.05) is 13.3 Å². The van der Waals surface area contributed by atoms with E-state index in [0.29, 0.717) is 12.5 Å². The molecule has 1 N–H and O–H groups in total. The molecule has 6 heteroatoms. The second-order valence-electron chi connectivity index (χ2n) is 7.84. The van der Waals surface area contributed by atoms with Gasteiger partial charge in [-0.2, -0.15) is 0 Å². The Labute approximate surface area is 159 Å². The highest BCUT2D eigenvalue weighted by Gasteiger charge is 2.36. The van der Waals surface area contributed by atoms with Crippen molar-refractivity contribution in [3.8, 4) is 0 Å². The van der Waals surface area contributed by atoms with Gasteiger partial charge in [0.05, 0.1) is 13.0 Å². The minimum Gasteiger partial charge on any atom is -0.469 e. The van der Waals surface area contributed by atoms with E-state index in [-0.39, 0.29) is 11.9 Å². The number of esters is 1. The molecular formula is C20H38N4O2. The average molecular weight is 367 g/mol. The number of unbranched alkanes of at least 4 members (excludes halogenated alkanes) is 1. The highest BCUT2D eigenvalue weighted by molar-refractivity contribution is 5.82. The molecular weight excluding hydrogens is 328 g/mol. The van der Waals surface area contributed by atoms with Crippen molar-refractivity contribution in [1.82, 2.24) is 15.1 Å². The summed E-state index contributed by atoms with van der Waals surface area (Å²) in [6.07, 6.45) is 6.39. The van der Waals surface area contributed by atoms with Crippen molar-refractivity contribution >= 4 is 11.9 Å². The predicted molar refractivity (Wildman–Crippen MR) is 106 cm³/mol. The maximum Gasteiger partial charge on any atom is 0.310 e. The molecule has 0 aromatic heterocycles. The van der Waals surface area contributed by atoms with Crippen LogP contribution in [0.2, 0.25) is 0 Å². The number of ether oxygens (including phenoxy) is 1. The Morgan fingerprint density at radius 1 is 1.23 bits per heavy atom. The van der Waals surface area contributed by atoms with Gasteiger partial charge in [0.1, 0.15) is 0 Å². The molecule has 0 aliphatic carbocycles. The predicted octanol–water partition coefficient (Wildman–Crippen LogP) is 2.35. The summed E-state index contributed by atoms with van der Waals surface area (Å²) in [5.74, 6) is 1.08. The highest BCUT2D eigenvalue weighted by Crippen LogP contribution is 2.24. The number of guanidine groups is 1. The van der Waals surface area contributed by atoms with Crippen LogP contribution in [0.3, 0.4) is 0 Å². The minimum atomic E-state index is -0.105. The van der Waals surface area contributed by atoms with Crippen LogP contribution in [0.5, 0.6) is 0 Å². The van der Waals surface area contributed by atoms with Gasteiger partial charge in [-0.3, -0.25) is 9.79 Å². The molecule has 150 valence electrons. The van der Waals surface area contributed by atoms with Gasteiger partial charge in [0.15, 0.2) is 5.96 Å². The average Bonchev–Trinajstić information content (AvgIpc) is 3.03. The molecule has 0 aromatic carbocycles. The first-order valence-electron chi connectivity index (χ1n) is 10.4. The Morgan fingerprint density at radius 3 is 2.73 bits per heavy atom. The van der Waals surface area contributed by atoms with E-state index < -0.39 is 0 Å². The van der Waals surface area contributed by atoms with Gasteiger partial charge in [0.25, 0.3) is 0 Å². The zero-order valence-corrected chi connectivity index (χ0v) is 17.2. The van der Waals surface area contributed by atoms with Crippen LogP contribution >= 0.6 is 0 Å². The topological polar surface area (TPSA) is 57.2 Å². The summed E-state index contributed by atoms with van der Waals surface area (Å²) in [5.41, 5.74) is 0. The Bertz CT molecular complexity index is 469. The third-order valence-electron chi connectivity index (χ3n) is 5.81. The largest absolute Gasteiger partial charge is 0.469 e. The third-order valence-corrected chi connectivity index (χ3v) is 5.81. The van der Waals surface area contributed by atoms with E-state index in [2.05, 4.69) is 35.9 Å². The van der Waals surface area contributed by atoms with Crippen LogP contribution < -0.4 is 5.32 Å². The number of rotatable bonds is 7. The van der Waals surface area contributed by atoms with Gasteiger partial charge in [0, 0.05) is 32.2 Å². The van der Waals surface area contributed by atoms with Crippen LogP contribution in [-0.2, 0) is 9.53 Å². The SMILES string of the molecule is CCNC(=NCCCCN1CCCCC1C)N1CC(C)C(C(=O)OC)C1. The lowest BCUT2D eigenvalue weighted by Crippen LogP contribution is -2.40. The number of methoxy groups -OCH3 is 1. The van der Waals surface area contributed by atoms with Crippen LogP contribution in [0.15, 0.2) is 4.99 Å². The number of hydrogen-bond acceptors (Lipinski definition) is 4. The fraction of sp³-hybridized carbons (Fsp3) is 0.900. The van der Waals surface area contributed by atoms with Crippen molar-refractivity contribution in [3.05, 3.63) is 0 Å². The monoisotopic (exact) mass is 366 g/mol. The highest BCUT2D eigenvalue weighted by atomic mass is 16.5. The molecule has 26 heavy (non-hydrogen) atoms. The molecule has 0 bridgehead atoms. The molecule has 0 amide bonds. The fourth-order valence-corrected chi connectivity index (χ4v) is 4.13. The first-order valence-corrected chi connectivity index (χ1v) is 10.4. The Hall–Kier alpha value is -1.30. The summed E-state index contributed by atoms with van der Waals surface area (Å²) < 4.78 is 4.94. The molecule has 2 aliphatic heterocycles. The van der Waals surface area contributed by atoms with Gasteiger partial charge in [-0.05, 0) is 58.5 Å². The number of nitrogens with one attached hydrogen (secondary N) is 1.